The molecule has 6 aromatic rings. The third kappa shape index (κ3) is 9.84. The zero-order valence-electron chi connectivity index (χ0n) is 36.7. The molecule has 0 atom stereocenters. The van der Waals surface area contributed by atoms with Crippen LogP contribution in [0.2, 0.25) is 0 Å². The second-order valence-corrected chi connectivity index (χ2v) is 23.6. The van der Waals surface area contributed by atoms with Crippen LogP contribution in [0.1, 0.15) is 66.8 Å². The summed E-state index contributed by atoms with van der Waals surface area (Å²) in [6.45, 7) is 24.5. The maximum atomic E-state index is 7.35. The van der Waals surface area contributed by atoms with E-state index in [1.165, 1.54) is 0 Å². The quantitative estimate of drug-likeness (QED) is 0.118. The van der Waals surface area contributed by atoms with Crippen LogP contribution in [0.4, 0.5) is 0 Å². The van der Waals surface area contributed by atoms with Gasteiger partial charge in [-0.15, -0.1) is 0 Å². The van der Waals surface area contributed by atoms with Crippen LogP contribution < -0.4 is 36.9 Å². The molecule has 60 heavy (non-hydrogen) atoms. The Morgan fingerprint density at radius 1 is 0.367 bits per heavy atom. The van der Waals surface area contributed by atoms with Gasteiger partial charge in [-0.2, -0.15) is 0 Å². The van der Waals surface area contributed by atoms with Crippen molar-refractivity contribution < 1.29 is 27.1 Å². The summed E-state index contributed by atoms with van der Waals surface area (Å²) in [7, 11) is -12.5. The van der Waals surface area contributed by atoms with Crippen molar-refractivity contribution in [2.45, 2.75) is 83.1 Å². The molecule has 316 valence electrons. The first-order chi connectivity index (χ1) is 28.4. The number of benzene rings is 6. The van der Waals surface area contributed by atoms with Crippen molar-refractivity contribution in [2.24, 2.45) is 4.52 Å². The third-order valence-corrected chi connectivity index (χ3v) is 20.2. The van der Waals surface area contributed by atoms with Crippen molar-refractivity contribution in [3.8, 4) is 34.5 Å². The predicted molar refractivity (Wildman–Crippen MR) is 252 cm³/mol. The molecule has 0 saturated heterocycles. The van der Waals surface area contributed by atoms with Crippen LogP contribution in [0, 0.1) is 83.1 Å². The average Bonchev–Trinajstić information content (AvgIpc) is 3.16. The minimum absolute atomic E-state index is 0.582. The Morgan fingerprint density at radius 3 is 0.917 bits per heavy atom. The molecule has 0 saturated carbocycles. The van der Waals surface area contributed by atoms with Crippen molar-refractivity contribution in [1.82, 2.24) is 9.72 Å². The second kappa shape index (κ2) is 17.2. The number of hydrogen-bond donors (Lipinski definition) is 2. The summed E-state index contributed by atoms with van der Waals surface area (Å²) >= 11 is 0. The van der Waals surface area contributed by atoms with E-state index in [0.29, 0.717) is 34.5 Å². The van der Waals surface area contributed by atoms with E-state index in [-0.39, 0.29) is 0 Å². The van der Waals surface area contributed by atoms with Crippen LogP contribution in [-0.4, -0.2) is 0 Å². The zero-order valence-corrected chi connectivity index (χ0v) is 39.6. The van der Waals surface area contributed by atoms with E-state index in [1.54, 1.807) is 0 Å². The molecular weight excluding hydrogens is 807 g/mol. The molecule has 9 nitrogen and oxygen atoms in total. The maximum absolute atomic E-state index is 7.35. The Balaban J connectivity index is 1.58. The second-order valence-electron chi connectivity index (χ2n) is 16.3. The number of aryl methyl sites for hydroxylation is 12. The van der Waals surface area contributed by atoms with E-state index in [4.69, 9.17) is 31.7 Å². The van der Waals surface area contributed by atoms with E-state index < -0.39 is 23.7 Å². The summed E-state index contributed by atoms with van der Waals surface area (Å²) in [4.78, 5) is 7.57. The summed E-state index contributed by atoms with van der Waals surface area (Å²) in [6.07, 6.45) is 0. The summed E-state index contributed by atoms with van der Waals surface area (Å²) in [6, 6.07) is 36.4. The van der Waals surface area contributed by atoms with Crippen LogP contribution >= 0.6 is 23.7 Å². The van der Waals surface area contributed by atoms with E-state index in [0.717, 1.165) is 66.8 Å². The first kappa shape index (κ1) is 43.2. The third-order valence-electron chi connectivity index (χ3n) is 10.3. The van der Waals surface area contributed by atoms with Gasteiger partial charge >= 0.3 is 359 Å². The van der Waals surface area contributed by atoms with Crippen molar-refractivity contribution in [3.05, 3.63) is 176 Å². The topological polar surface area (TPSA) is 91.8 Å². The fraction of sp³-hybridized carbons (Fsp3) is 0.250. The first-order valence-electron chi connectivity index (χ1n) is 20.2. The van der Waals surface area contributed by atoms with Crippen molar-refractivity contribution in [1.29, 1.82) is 0 Å². The van der Waals surface area contributed by atoms with Gasteiger partial charge in [0, 0.05) is 0 Å². The van der Waals surface area contributed by atoms with Crippen molar-refractivity contribution in [2.75, 3.05) is 0 Å². The van der Waals surface area contributed by atoms with Crippen molar-refractivity contribution >= 4 is 23.7 Å². The van der Waals surface area contributed by atoms with E-state index in [2.05, 4.69) is 87.7 Å². The predicted octanol–water partition coefficient (Wildman–Crippen LogP) is 14.1. The molecule has 1 heterocycles. The van der Waals surface area contributed by atoms with Gasteiger partial charge in [0.15, 0.2) is 0 Å². The molecule has 2 N–H and O–H groups in total. The minimum atomic E-state index is -4.34. The van der Waals surface area contributed by atoms with Crippen LogP contribution in [0.25, 0.3) is 0 Å². The molecule has 0 unspecified atom stereocenters. The van der Waals surface area contributed by atoms with Gasteiger partial charge in [-0.05, 0) is 0 Å². The van der Waals surface area contributed by atoms with Gasteiger partial charge in [0.05, 0.1) is 0 Å². The molecule has 0 fully saturated rings. The van der Waals surface area contributed by atoms with Gasteiger partial charge in [0.2, 0.25) is 0 Å². The number of rotatable bonds is 12. The normalized spacial score (nSPS) is 16.1. The summed E-state index contributed by atoms with van der Waals surface area (Å²) < 4.78 is 49.6. The van der Waals surface area contributed by atoms with Gasteiger partial charge in [-0.25, -0.2) is 0 Å². The van der Waals surface area contributed by atoms with Crippen LogP contribution in [0.3, 0.4) is 0 Å². The Kier molecular flexibility index (Phi) is 12.4. The molecule has 7 rings (SSSR count). The van der Waals surface area contributed by atoms with Crippen LogP contribution in [-0.2, 0) is 0 Å². The first-order valence-corrected chi connectivity index (χ1v) is 25.4. The van der Waals surface area contributed by atoms with Gasteiger partial charge in [0.25, 0.3) is 0 Å². The SMILES string of the molecule is Cc1ccc(OP2(Oc3ccc(C)cc3C)=N[PH](Oc3ccc(C)cc3C)(Oc3ccc(C)cc3C)N[PH](Oc3ccc(C)cc3C)(Oc3ccc(C)cc3C)N2)c(C)c1. The monoisotopic (exact) mass is 865 g/mol. The van der Waals surface area contributed by atoms with Gasteiger partial charge in [0.1, 0.15) is 0 Å². The molecule has 0 aromatic heterocycles. The molecule has 1 aliphatic rings. The Labute approximate surface area is 357 Å². The fourth-order valence-corrected chi connectivity index (χ4v) is 19.3. The Morgan fingerprint density at radius 2 is 0.633 bits per heavy atom. The number of nitrogens with zero attached hydrogens (tertiary/aromatic N) is 1. The Bertz CT molecular complexity index is 2480. The molecule has 0 spiro atoms. The van der Waals surface area contributed by atoms with Crippen LogP contribution in [0.15, 0.2) is 114 Å². The molecule has 12 heteroatoms. The standard InChI is InChI=1S/C48H58N3O6P3/c1-31-13-19-43(37(7)25-31)52-58(53-44-20-14-32(2)26-38(44)8)49-59(54-45-21-15-33(3)27-39(45)9,55-46-22-16-34(4)28-40(46)10)51-60(50-58,56-47-23-17-35(5)29-41(47)11)57-48-24-18-36(6)30-42(48)12/h13-30,49-50,58-59H,1-12H3. The molecule has 6 aromatic carbocycles. The summed E-state index contributed by atoms with van der Waals surface area (Å²) in [5.41, 5.74) is 12.1. The molecule has 0 radical (unpaired) electrons. The molecule has 0 aliphatic carbocycles. The van der Waals surface area contributed by atoms with Gasteiger partial charge in [-0.1, -0.05) is 0 Å². The van der Waals surface area contributed by atoms with Gasteiger partial charge < -0.3 is 0 Å². The molecular formula is C48H58N3O6P3. The molecule has 0 bridgehead atoms. The molecule has 0 amide bonds. The average molecular weight is 866 g/mol. The van der Waals surface area contributed by atoms with Crippen LogP contribution in [0.5, 0.6) is 34.5 Å². The Hall–Kier alpha value is -4.87. The fourth-order valence-electron chi connectivity index (χ4n) is 7.31. The van der Waals surface area contributed by atoms with E-state index in [1.807, 2.05) is 114 Å². The zero-order chi connectivity index (χ0) is 43.0. The van der Waals surface area contributed by atoms with E-state index >= 15 is 0 Å². The molecule has 1 aliphatic heterocycles. The summed E-state index contributed by atoms with van der Waals surface area (Å²) in [5, 5.41) is 0. The van der Waals surface area contributed by atoms with E-state index in [9.17, 15) is 0 Å². The number of nitrogens with one attached hydrogen (secondary N) is 2. The van der Waals surface area contributed by atoms with Gasteiger partial charge in [-0.3, -0.25) is 0 Å². The summed E-state index contributed by atoms with van der Waals surface area (Å²) in [5.74, 6) is 3.56. The number of hydrogen-bond acceptors (Lipinski definition) is 9. The van der Waals surface area contributed by atoms with Crippen molar-refractivity contribution in [3.63, 3.8) is 0 Å².